The van der Waals surface area contributed by atoms with Gasteiger partial charge in [0.05, 0.1) is 11.0 Å². The Bertz CT molecular complexity index is 586. The summed E-state index contributed by atoms with van der Waals surface area (Å²) in [6.07, 6.45) is -0.0771. The van der Waals surface area contributed by atoms with Crippen LogP contribution < -0.4 is 5.32 Å². The van der Waals surface area contributed by atoms with Crippen molar-refractivity contribution in [3.8, 4) is 0 Å². The Balaban J connectivity index is 2.80. The Morgan fingerprint density at radius 1 is 1.45 bits per heavy atom. The highest BCUT2D eigenvalue weighted by atomic mass is 35.7. The molecule has 1 atom stereocenters. The molecule has 0 spiro atoms. The third-order valence-electron chi connectivity index (χ3n) is 2.73. The van der Waals surface area contributed by atoms with Crippen molar-refractivity contribution in [3.05, 3.63) is 29.3 Å². The first kappa shape index (κ1) is 16.9. The number of amides is 1. The standard InChI is InChI=1S/C13H18ClNO4S/c1-4-19-10(3)8-15-13(16)12-6-5-11(7-9(12)2)20(14,17)18/h5-7,10H,4,8H2,1-3H3,(H,15,16). The highest BCUT2D eigenvalue weighted by Gasteiger charge is 2.15. The van der Waals surface area contributed by atoms with E-state index >= 15 is 0 Å². The molecule has 0 aliphatic carbocycles. The van der Waals surface area contributed by atoms with E-state index in [1.54, 1.807) is 6.92 Å². The van der Waals surface area contributed by atoms with Gasteiger partial charge in [0.15, 0.2) is 0 Å². The zero-order valence-corrected chi connectivity index (χ0v) is 13.2. The number of halogens is 1. The van der Waals surface area contributed by atoms with Crippen LogP contribution in [-0.2, 0) is 13.8 Å². The van der Waals surface area contributed by atoms with Crippen molar-refractivity contribution >= 4 is 25.6 Å². The van der Waals surface area contributed by atoms with Gasteiger partial charge in [0.2, 0.25) is 0 Å². The number of carbonyl (C=O) groups excluding carboxylic acids is 1. The molecule has 1 amide bonds. The van der Waals surface area contributed by atoms with Gasteiger partial charge in [0.1, 0.15) is 0 Å². The van der Waals surface area contributed by atoms with Gasteiger partial charge in [0, 0.05) is 29.4 Å². The maximum absolute atomic E-state index is 12.0. The molecule has 112 valence electrons. The van der Waals surface area contributed by atoms with Crippen LogP contribution in [0.25, 0.3) is 0 Å². The van der Waals surface area contributed by atoms with Crippen molar-refractivity contribution in [3.63, 3.8) is 0 Å². The third-order valence-corrected chi connectivity index (χ3v) is 4.08. The van der Waals surface area contributed by atoms with Crippen molar-refractivity contribution in [2.75, 3.05) is 13.2 Å². The number of benzene rings is 1. The molecule has 1 rings (SSSR count). The molecular formula is C13H18ClNO4S. The summed E-state index contributed by atoms with van der Waals surface area (Å²) in [5.41, 5.74) is 0.964. The number of carbonyl (C=O) groups is 1. The SMILES string of the molecule is CCOC(C)CNC(=O)c1ccc(S(=O)(=O)Cl)cc1C. The highest BCUT2D eigenvalue weighted by molar-refractivity contribution is 8.13. The quantitative estimate of drug-likeness (QED) is 0.815. The van der Waals surface area contributed by atoms with Crippen molar-refractivity contribution in [1.82, 2.24) is 5.32 Å². The van der Waals surface area contributed by atoms with E-state index in [-0.39, 0.29) is 16.9 Å². The monoisotopic (exact) mass is 319 g/mol. The fraction of sp³-hybridized carbons (Fsp3) is 0.462. The molecule has 1 aromatic carbocycles. The second-order valence-electron chi connectivity index (χ2n) is 4.39. The number of nitrogens with one attached hydrogen (secondary N) is 1. The maximum atomic E-state index is 12.0. The summed E-state index contributed by atoms with van der Waals surface area (Å²) in [6.45, 7) is 6.38. The molecule has 0 aliphatic rings. The van der Waals surface area contributed by atoms with E-state index in [0.29, 0.717) is 24.3 Å². The van der Waals surface area contributed by atoms with Gasteiger partial charge in [-0.15, -0.1) is 0 Å². The van der Waals surface area contributed by atoms with Gasteiger partial charge in [-0.1, -0.05) is 0 Å². The summed E-state index contributed by atoms with van der Waals surface area (Å²) in [5, 5.41) is 2.74. The van der Waals surface area contributed by atoms with Crippen LogP contribution in [0.5, 0.6) is 0 Å². The Hall–Kier alpha value is -1.11. The van der Waals surface area contributed by atoms with Crippen molar-refractivity contribution < 1.29 is 17.9 Å². The van der Waals surface area contributed by atoms with E-state index in [9.17, 15) is 13.2 Å². The number of hydrogen-bond donors (Lipinski definition) is 1. The number of ether oxygens (including phenoxy) is 1. The summed E-state index contributed by atoms with van der Waals surface area (Å²) in [4.78, 5) is 12.0. The Morgan fingerprint density at radius 2 is 2.10 bits per heavy atom. The van der Waals surface area contributed by atoms with Crippen molar-refractivity contribution in [2.24, 2.45) is 0 Å². The van der Waals surface area contributed by atoms with Crippen LogP contribution in [0.2, 0.25) is 0 Å². The average molecular weight is 320 g/mol. The lowest BCUT2D eigenvalue weighted by molar-refractivity contribution is 0.0695. The molecule has 0 radical (unpaired) electrons. The molecule has 1 N–H and O–H groups in total. The van der Waals surface area contributed by atoms with Crippen LogP contribution in [-0.4, -0.2) is 33.6 Å². The van der Waals surface area contributed by atoms with Gasteiger partial charge in [-0.05, 0) is 44.5 Å². The Labute approximate surface area is 123 Å². The van der Waals surface area contributed by atoms with E-state index in [0.717, 1.165) is 0 Å². The van der Waals surface area contributed by atoms with E-state index in [4.69, 9.17) is 15.4 Å². The number of hydrogen-bond acceptors (Lipinski definition) is 4. The molecule has 0 fully saturated rings. The molecule has 5 nitrogen and oxygen atoms in total. The van der Waals surface area contributed by atoms with Crippen LogP contribution in [0, 0.1) is 6.92 Å². The smallest absolute Gasteiger partial charge is 0.261 e. The number of aryl methyl sites for hydroxylation is 1. The van der Waals surface area contributed by atoms with E-state index in [2.05, 4.69) is 5.32 Å². The fourth-order valence-corrected chi connectivity index (χ4v) is 2.55. The molecule has 0 saturated carbocycles. The minimum absolute atomic E-state index is 0.0177. The largest absolute Gasteiger partial charge is 0.377 e. The maximum Gasteiger partial charge on any atom is 0.261 e. The highest BCUT2D eigenvalue weighted by Crippen LogP contribution is 2.18. The minimum Gasteiger partial charge on any atom is -0.377 e. The topological polar surface area (TPSA) is 72.5 Å². The first-order valence-corrected chi connectivity index (χ1v) is 8.51. The Morgan fingerprint density at radius 3 is 2.60 bits per heavy atom. The van der Waals surface area contributed by atoms with Crippen LogP contribution >= 0.6 is 10.7 Å². The molecule has 7 heteroatoms. The predicted molar refractivity (Wildman–Crippen MR) is 77.6 cm³/mol. The van der Waals surface area contributed by atoms with Crippen LogP contribution in [0.3, 0.4) is 0 Å². The van der Waals surface area contributed by atoms with E-state index < -0.39 is 9.05 Å². The summed E-state index contributed by atoms with van der Waals surface area (Å²) in [5.74, 6) is -0.271. The minimum atomic E-state index is -3.78. The van der Waals surface area contributed by atoms with Crippen LogP contribution in [0.15, 0.2) is 23.1 Å². The lowest BCUT2D eigenvalue weighted by atomic mass is 10.1. The molecule has 0 saturated heterocycles. The molecule has 20 heavy (non-hydrogen) atoms. The van der Waals surface area contributed by atoms with E-state index in [1.807, 2.05) is 13.8 Å². The summed E-state index contributed by atoms with van der Waals surface area (Å²) >= 11 is 0. The molecular weight excluding hydrogens is 302 g/mol. The third kappa shape index (κ3) is 4.77. The average Bonchev–Trinajstić information content (AvgIpc) is 2.35. The van der Waals surface area contributed by atoms with E-state index in [1.165, 1.54) is 18.2 Å². The molecule has 0 heterocycles. The number of rotatable bonds is 6. The second kappa shape index (κ2) is 7.06. The first-order valence-electron chi connectivity index (χ1n) is 6.20. The zero-order valence-electron chi connectivity index (χ0n) is 11.6. The van der Waals surface area contributed by atoms with Crippen molar-refractivity contribution in [1.29, 1.82) is 0 Å². The molecule has 1 aromatic rings. The summed E-state index contributed by atoms with van der Waals surface area (Å²) in [7, 11) is 1.47. The zero-order chi connectivity index (χ0) is 15.3. The van der Waals surface area contributed by atoms with Gasteiger partial charge in [-0.25, -0.2) is 8.42 Å². The van der Waals surface area contributed by atoms with Gasteiger partial charge in [-0.2, -0.15) is 0 Å². The van der Waals surface area contributed by atoms with Gasteiger partial charge < -0.3 is 10.1 Å². The fourth-order valence-electron chi connectivity index (χ4n) is 1.72. The molecule has 1 unspecified atom stereocenters. The van der Waals surface area contributed by atoms with Gasteiger partial charge in [-0.3, -0.25) is 4.79 Å². The van der Waals surface area contributed by atoms with Gasteiger partial charge in [0.25, 0.3) is 15.0 Å². The lowest BCUT2D eigenvalue weighted by Crippen LogP contribution is -2.32. The summed E-state index contributed by atoms with van der Waals surface area (Å²) in [6, 6.07) is 4.14. The molecule has 0 aliphatic heterocycles. The Kier molecular flexibility index (Phi) is 5.98. The molecule has 0 bridgehead atoms. The second-order valence-corrected chi connectivity index (χ2v) is 6.96. The van der Waals surface area contributed by atoms with Crippen molar-refractivity contribution in [2.45, 2.75) is 31.8 Å². The van der Waals surface area contributed by atoms with Crippen LogP contribution in [0.4, 0.5) is 0 Å². The van der Waals surface area contributed by atoms with Crippen LogP contribution in [0.1, 0.15) is 29.8 Å². The predicted octanol–water partition coefficient (Wildman–Crippen LogP) is 2.08. The first-order chi connectivity index (χ1) is 9.25. The molecule has 0 aromatic heterocycles. The summed E-state index contributed by atoms with van der Waals surface area (Å²) < 4.78 is 27.7. The van der Waals surface area contributed by atoms with Gasteiger partial charge >= 0.3 is 0 Å². The lowest BCUT2D eigenvalue weighted by Gasteiger charge is -2.13. The normalized spacial score (nSPS) is 13.0.